The summed E-state index contributed by atoms with van der Waals surface area (Å²) in [5.74, 6) is 0.735. The number of benzene rings is 1. The summed E-state index contributed by atoms with van der Waals surface area (Å²) in [4.78, 5) is 12.0. The zero-order valence-electron chi connectivity index (χ0n) is 11.3. The van der Waals surface area contributed by atoms with E-state index in [1.54, 1.807) is 6.26 Å². The Balaban J connectivity index is 1.72. The van der Waals surface area contributed by atoms with Gasteiger partial charge in [-0.3, -0.25) is 4.79 Å². The number of amides is 1. The fourth-order valence-electron chi connectivity index (χ4n) is 2.36. The maximum atomic E-state index is 12.0. The lowest BCUT2D eigenvalue weighted by Gasteiger charge is -2.08. The summed E-state index contributed by atoms with van der Waals surface area (Å²) in [6.07, 6.45) is 1.60. The van der Waals surface area contributed by atoms with Crippen molar-refractivity contribution in [3.05, 3.63) is 60.2 Å². The van der Waals surface area contributed by atoms with Crippen molar-refractivity contribution in [2.45, 2.75) is 20.0 Å². The first kappa shape index (κ1) is 12.5. The monoisotopic (exact) mass is 268 g/mol. The van der Waals surface area contributed by atoms with Crippen molar-refractivity contribution in [1.82, 2.24) is 9.88 Å². The first-order valence-electron chi connectivity index (χ1n) is 6.58. The minimum absolute atomic E-state index is 0.0224. The summed E-state index contributed by atoms with van der Waals surface area (Å²) in [6, 6.07) is 13.8. The molecule has 20 heavy (non-hydrogen) atoms. The molecule has 3 aromatic rings. The third kappa shape index (κ3) is 2.45. The molecule has 4 heteroatoms. The van der Waals surface area contributed by atoms with Gasteiger partial charge in [0.2, 0.25) is 5.91 Å². The number of aryl methyl sites for hydroxylation is 1. The van der Waals surface area contributed by atoms with E-state index in [-0.39, 0.29) is 5.91 Å². The predicted octanol–water partition coefficient (Wildman–Crippen LogP) is 2.86. The Morgan fingerprint density at radius 1 is 1.25 bits per heavy atom. The van der Waals surface area contributed by atoms with Crippen molar-refractivity contribution < 1.29 is 9.21 Å². The number of para-hydroxylation sites is 1. The first-order valence-corrected chi connectivity index (χ1v) is 6.58. The zero-order chi connectivity index (χ0) is 13.9. The smallest absolute Gasteiger partial charge is 0.240 e. The Kier molecular flexibility index (Phi) is 3.29. The molecule has 1 amide bonds. The van der Waals surface area contributed by atoms with Crippen LogP contribution in [0.2, 0.25) is 0 Å². The second-order valence-corrected chi connectivity index (χ2v) is 4.79. The Hall–Kier alpha value is -2.49. The molecule has 2 heterocycles. The molecule has 0 atom stereocenters. The number of furan rings is 1. The molecule has 0 aliphatic heterocycles. The van der Waals surface area contributed by atoms with Gasteiger partial charge in [-0.2, -0.15) is 0 Å². The van der Waals surface area contributed by atoms with Crippen molar-refractivity contribution in [2.75, 3.05) is 0 Å². The minimum atomic E-state index is -0.0224. The molecule has 0 unspecified atom stereocenters. The predicted molar refractivity (Wildman–Crippen MR) is 77.2 cm³/mol. The molecule has 1 aromatic carbocycles. The van der Waals surface area contributed by atoms with Gasteiger partial charge in [-0.25, -0.2) is 0 Å². The van der Waals surface area contributed by atoms with Gasteiger partial charge in [0.15, 0.2) is 0 Å². The highest BCUT2D eigenvalue weighted by molar-refractivity contribution is 5.84. The lowest BCUT2D eigenvalue weighted by Crippen LogP contribution is -2.27. The highest BCUT2D eigenvalue weighted by Gasteiger charge is 2.09. The van der Waals surface area contributed by atoms with E-state index in [9.17, 15) is 4.79 Å². The number of carbonyl (C=O) groups is 1. The van der Waals surface area contributed by atoms with E-state index in [4.69, 9.17) is 4.42 Å². The molecule has 0 fully saturated rings. The molecule has 0 radical (unpaired) electrons. The van der Waals surface area contributed by atoms with Gasteiger partial charge in [-0.05, 0) is 36.6 Å². The molecule has 2 aromatic heterocycles. The Morgan fingerprint density at radius 2 is 2.10 bits per heavy atom. The van der Waals surface area contributed by atoms with Crippen LogP contribution < -0.4 is 5.32 Å². The van der Waals surface area contributed by atoms with Crippen LogP contribution in [0.4, 0.5) is 0 Å². The number of aromatic nitrogens is 1. The van der Waals surface area contributed by atoms with Crippen LogP contribution in [-0.2, 0) is 17.9 Å². The van der Waals surface area contributed by atoms with Crippen LogP contribution >= 0.6 is 0 Å². The topological polar surface area (TPSA) is 47.2 Å². The van der Waals surface area contributed by atoms with Crippen molar-refractivity contribution in [1.29, 1.82) is 0 Å². The number of nitrogens with one attached hydrogen (secondary N) is 1. The third-order valence-electron chi connectivity index (χ3n) is 3.36. The van der Waals surface area contributed by atoms with Crippen LogP contribution in [0.5, 0.6) is 0 Å². The first-order chi connectivity index (χ1) is 9.74. The van der Waals surface area contributed by atoms with E-state index in [0.29, 0.717) is 13.1 Å². The van der Waals surface area contributed by atoms with Gasteiger partial charge in [0.25, 0.3) is 0 Å². The van der Waals surface area contributed by atoms with Gasteiger partial charge >= 0.3 is 0 Å². The van der Waals surface area contributed by atoms with E-state index in [2.05, 4.69) is 17.4 Å². The molecule has 0 aliphatic carbocycles. The molecule has 4 nitrogen and oxygen atoms in total. The molecular weight excluding hydrogens is 252 g/mol. The van der Waals surface area contributed by atoms with Crippen LogP contribution in [-0.4, -0.2) is 10.5 Å². The maximum absolute atomic E-state index is 12.0. The minimum Gasteiger partial charge on any atom is -0.467 e. The summed E-state index contributed by atoms with van der Waals surface area (Å²) in [6.45, 7) is 2.75. The lowest BCUT2D eigenvalue weighted by molar-refractivity contribution is -0.121. The largest absolute Gasteiger partial charge is 0.467 e. The van der Waals surface area contributed by atoms with Crippen molar-refractivity contribution in [3.63, 3.8) is 0 Å². The average molecular weight is 268 g/mol. The quantitative estimate of drug-likeness (QED) is 0.791. The summed E-state index contributed by atoms with van der Waals surface area (Å²) >= 11 is 0. The van der Waals surface area contributed by atoms with Crippen molar-refractivity contribution in [2.24, 2.45) is 0 Å². The number of fused-ring (bicyclic) bond motifs is 1. The van der Waals surface area contributed by atoms with Crippen LogP contribution in [0.25, 0.3) is 10.9 Å². The molecule has 0 spiro atoms. The van der Waals surface area contributed by atoms with E-state index < -0.39 is 0 Å². The van der Waals surface area contributed by atoms with Gasteiger partial charge in [-0.15, -0.1) is 0 Å². The number of rotatable bonds is 4. The third-order valence-corrected chi connectivity index (χ3v) is 3.36. The van der Waals surface area contributed by atoms with E-state index in [0.717, 1.165) is 22.4 Å². The molecule has 0 bridgehead atoms. The van der Waals surface area contributed by atoms with E-state index >= 15 is 0 Å². The Morgan fingerprint density at radius 3 is 2.90 bits per heavy atom. The number of hydrogen-bond acceptors (Lipinski definition) is 2. The molecule has 1 N–H and O–H groups in total. The standard InChI is InChI=1S/C16H16N2O2/c1-12-9-13-5-2-3-7-15(13)18(12)11-16(19)17-10-14-6-4-8-20-14/h2-9H,10-11H2,1H3,(H,17,19). The molecule has 3 rings (SSSR count). The van der Waals surface area contributed by atoms with Crippen LogP contribution in [0.15, 0.2) is 53.1 Å². The SMILES string of the molecule is Cc1cc2ccccc2n1CC(=O)NCc1ccco1. The number of nitrogens with zero attached hydrogens (tertiary/aromatic N) is 1. The van der Waals surface area contributed by atoms with Crippen LogP contribution in [0.1, 0.15) is 11.5 Å². The van der Waals surface area contributed by atoms with E-state index in [1.807, 2.05) is 41.8 Å². The van der Waals surface area contributed by atoms with E-state index in [1.165, 1.54) is 0 Å². The highest BCUT2D eigenvalue weighted by Crippen LogP contribution is 2.18. The zero-order valence-corrected chi connectivity index (χ0v) is 11.3. The Bertz CT molecular complexity index is 726. The normalized spacial score (nSPS) is 10.8. The maximum Gasteiger partial charge on any atom is 0.240 e. The van der Waals surface area contributed by atoms with Crippen LogP contribution in [0.3, 0.4) is 0 Å². The molecular formula is C16H16N2O2. The van der Waals surface area contributed by atoms with Gasteiger partial charge in [0.05, 0.1) is 12.8 Å². The average Bonchev–Trinajstić information content (AvgIpc) is 3.06. The molecule has 0 aliphatic rings. The fraction of sp³-hybridized carbons (Fsp3) is 0.188. The van der Waals surface area contributed by atoms with Gasteiger partial charge < -0.3 is 14.3 Å². The molecule has 0 saturated carbocycles. The van der Waals surface area contributed by atoms with Crippen molar-refractivity contribution in [3.8, 4) is 0 Å². The summed E-state index contributed by atoms with van der Waals surface area (Å²) in [5, 5.41) is 4.02. The van der Waals surface area contributed by atoms with Gasteiger partial charge in [0, 0.05) is 11.2 Å². The second-order valence-electron chi connectivity index (χ2n) is 4.79. The van der Waals surface area contributed by atoms with Crippen molar-refractivity contribution >= 4 is 16.8 Å². The summed E-state index contributed by atoms with van der Waals surface area (Å²) in [7, 11) is 0. The number of carbonyl (C=O) groups excluding carboxylic acids is 1. The lowest BCUT2D eigenvalue weighted by atomic mass is 10.2. The Labute approximate surface area is 117 Å². The summed E-state index contributed by atoms with van der Waals surface area (Å²) in [5.41, 5.74) is 2.16. The highest BCUT2D eigenvalue weighted by atomic mass is 16.3. The van der Waals surface area contributed by atoms with Crippen LogP contribution in [0, 0.1) is 6.92 Å². The number of hydrogen-bond donors (Lipinski definition) is 1. The molecule has 0 saturated heterocycles. The molecule has 102 valence electrons. The summed E-state index contributed by atoms with van der Waals surface area (Å²) < 4.78 is 7.21. The van der Waals surface area contributed by atoms with Gasteiger partial charge in [-0.1, -0.05) is 18.2 Å². The van der Waals surface area contributed by atoms with Gasteiger partial charge in [0.1, 0.15) is 12.3 Å². The second kappa shape index (κ2) is 5.25. The fourth-order valence-corrected chi connectivity index (χ4v) is 2.36.